The minimum Gasteiger partial charge on any atom is -0.468 e. The Balaban J connectivity index is 7.22. The fourth-order valence-corrected chi connectivity index (χ4v) is 8.72. The van der Waals surface area contributed by atoms with Crippen molar-refractivity contribution in [1.82, 2.24) is 45.8 Å². The van der Waals surface area contributed by atoms with Crippen LogP contribution >= 0.6 is 0 Å². The lowest BCUT2D eigenvalue weighted by Gasteiger charge is -2.42. The highest BCUT2D eigenvalue weighted by Gasteiger charge is 2.46. The maximum absolute atomic E-state index is 15.1. The number of rotatable bonds is 31. The summed E-state index contributed by atoms with van der Waals surface area (Å²) in [7, 11) is 9.97. The van der Waals surface area contributed by atoms with Crippen molar-refractivity contribution in [2.75, 3.05) is 55.9 Å². The van der Waals surface area contributed by atoms with E-state index in [4.69, 9.17) is 9.47 Å². The summed E-state index contributed by atoms with van der Waals surface area (Å²) >= 11 is 0. The second-order valence-electron chi connectivity index (χ2n) is 21.2. The summed E-state index contributed by atoms with van der Waals surface area (Å²) in [4.78, 5) is 144. The number of allylic oxidation sites excluding steroid dienone is 2. The molecule has 0 fully saturated rings. The molecule has 0 aromatic rings. The van der Waals surface area contributed by atoms with E-state index in [-0.39, 0.29) is 49.5 Å². The SMILES string of the molecule is C/C=C/C[C@@H](C)[C@@H](OC(C)=O)[C@@H](C(=O)N[C@@H](CC)C(=O)N(C)CC(=O)OC)N(C)C(=O)[C@H](C(C)C)N(C)C(=O)[C@H](CC(C)C)N(C)C(=O)[C@H](CC(C)C)N(C)C(=O)[C@@H](C)NC(=O)[C@H](C)NC(=O)[C@@H](CC(C)C)NC. The van der Waals surface area contributed by atoms with Gasteiger partial charge in [0.15, 0.2) is 0 Å². The molecule has 0 rings (SSSR count). The number of esters is 2. The quantitative estimate of drug-likeness (QED) is 0.0577. The van der Waals surface area contributed by atoms with Gasteiger partial charge < -0.3 is 55.2 Å². The number of nitrogens with zero attached hydrogens (tertiary/aromatic N) is 5. The van der Waals surface area contributed by atoms with E-state index in [1.807, 2.05) is 47.6 Å². The summed E-state index contributed by atoms with van der Waals surface area (Å²) in [5, 5.41) is 11.1. The fourth-order valence-electron chi connectivity index (χ4n) is 8.72. The van der Waals surface area contributed by atoms with E-state index in [0.29, 0.717) is 12.8 Å². The fraction of sp³-hybridized carbons (Fsp3) is 0.774. The maximum atomic E-state index is 15.1. The molecule has 0 aliphatic carbocycles. The number of ether oxygens (including phenoxy) is 2. The average molecular weight is 1050 g/mol. The number of methoxy groups -OCH3 is 1. The average Bonchev–Trinajstić information content (AvgIpc) is 3.32. The molecule has 10 atom stereocenters. The maximum Gasteiger partial charge on any atom is 0.325 e. The Bertz CT molecular complexity index is 1930. The largest absolute Gasteiger partial charge is 0.468 e. The first-order chi connectivity index (χ1) is 34.2. The molecule has 0 aromatic heterocycles. The van der Waals surface area contributed by atoms with Crippen LogP contribution in [0.4, 0.5) is 0 Å². The Labute approximate surface area is 442 Å². The van der Waals surface area contributed by atoms with Gasteiger partial charge in [-0.05, 0) is 89.5 Å². The van der Waals surface area contributed by atoms with Crippen LogP contribution in [-0.4, -0.2) is 194 Å². The molecule has 0 saturated carbocycles. The van der Waals surface area contributed by atoms with Gasteiger partial charge in [-0.3, -0.25) is 47.9 Å². The highest BCUT2D eigenvalue weighted by molar-refractivity contribution is 5.98. The molecule has 0 spiro atoms. The zero-order valence-electron chi connectivity index (χ0n) is 48.6. The third-order valence-electron chi connectivity index (χ3n) is 13.0. The molecule has 0 bridgehead atoms. The standard InChI is InChI=1S/C53H95N9O12/c1-22-24-25-34(11)45(74-37(14)63)44(48(67)57-38(23-2)50(69)58(16)29-42(64)73-21)62(20)53(72)43(33(9)10)61(19)52(71)41(28-32(7)8)60(18)51(70)40(27-31(5)6)59(17)49(68)36(13)56-46(65)35(12)55-47(66)39(54-15)26-30(3)4/h22,24,30-36,38-41,43-45,54H,23,25-29H2,1-21H3,(H,55,66)(H,56,65)(H,57,67)/b24-22+/t34-,35+,36-,38+,39-,40+,41+,43+,44+,45-/m1/s1. The van der Waals surface area contributed by atoms with Gasteiger partial charge in [0.1, 0.15) is 54.9 Å². The zero-order valence-corrected chi connectivity index (χ0v) is 48.6. The van der Waals surface area contributed by atoms with Crippen LogP contribution in [0.3, 0.4) is 0 Å². The van der Waals surface area contributed by atoms with Crippen molar-refractivity contribution in [3.8, 4) is 0 Å². The Morgan fingerprint density at radius 2 is 1.03 bits per heavy atom. The summed E-state index contributed by atoms with van der Waals surface area (Å²) in [6.45, 7) is 23.9. The van der Waals surface area contributed by atoms with Gasteiger partial charge in [-0.15, -0.1) is 0 Å². The van der Waals surface area contributed by atoms with E-state index in [0.717, 1.165) is 9.80 Å². The van der Waals surface area contributed by atoms with Gasteiger partial charge in [0.2, 0.25) is 47.3 Å². The normalized spacial score (nSPS) is 15.6. The smallest absolute Gasteiger partial charge is 0.325 e. The summed E-state index contributed by atoms with van der Waals surface area (Å²) in [5.41, 5.74) is 0. The van der Waals surface area contributed by atoms with Crippen LogP contribution in [0.1, 0.15) is 129 Å². The first-order valence-corrected chi connectivity index (χ1v) is 26.0. The van der Waals surface area contributed by atoms with Crippen molar-refractivity contribution in [3.05, 3.63) is 12.2 Å². The lowest BCUT2D eigenvalue weighted by molar-refractivity contribution is -0.164. The molecule has 0 aromatic carbocycles. The van der Waals surface area contributed by atoms with Gasteiger partial charge in [-0.25, -0.2) is 0 Å². The Morgan fingerprint density at radius 3 is 1.46 bits per heavy atom. The summed E-state index contributed by atoms with van der Waals surface area (Å²) in [6.07, 6.45) is 3.71. The molecule has 4 N–H and O–H groups in total. The lowest BCUT2D eigenvalue weighted by Crippen LogP contribution is -2.64. The summed E-state index contributed by atoms with van der Waals surface area (Å²) in [6, 6.07) is -8.77. The summed E-state index contributed by atoms with van der Waals surface area (Å²) in [5.74, 6) is -7.37. The summed E-state index contributed by atoms with van der Waals surface area (Å²) < 4.78 is 10.5. The van der Waals surface area contributed by atoms with Crippen molar-refractivity contribution < 1.29 is 57.4 Å². The molecule has 0 unspecified atom stereocenters. The van der Waals surface area contributed by atoms with E-state index >= 15 is 9.59 Å². The second kappa shape index (κ2) is 32.7. The van der Waals surface area contributed by atoms with Crippen LogP contribution in [0.2, 0.25) is 0 Å². The third kappa shape index (κ3) is 21.0. The van der Waals surface area contributed by atoms with Crippen LogP contribution in [0.25, 0.3) is 0 Å². The van der Waals surface area contributed by atoms with Gasteiger partial charge in [0.05, 0.1) is 13.2 Å². The van der Waals surface area contributed by atoms with Crippen LogP contribution in [0, 0.1) is 29.6 Å². The predicted molar refractivity (Wildman–Crippen MR) is 284 cm³/mol. The number of hydrogen-bond donors (Lipinski definition) is 4. The minimum atomic E-state index is -1.53. The number of carbonyl (C=O) groups is 10. The third-order valence-corrected chi connectivity index (χ3v) is 13.0. The van der Waals surface area contributed by atoms with Crippen molar-refractivity contribution in [1.29, 1.82) is 0 Å². The molecule has 21 nitrogen and oxygen atoms in total. The molecular formula is C53H95N9O12. The molecule has 0 radical (unpaired) electrons. The number of likely N-dealkylation sites (N-methyl/N-ethyl adjacent to an activating group) is 6. The molecular weight excluding hydrogens is 955 g/mol. The molecule has 21 heteroatoms. The van der Waals surface area contributed by atoms with Crippen molar-refractivity contribution in [3.63, 3.8) is 0 Å². The van der Waals surface area contributed by atoms with Crippen molar-refractivity contribution in [2.45, 2.75) is 183 Å². The van der Waals surface area contributed by atoms with Gasteiger partial charge in [0.25, 0.3) is 0 Å². The lowest BCUT2D eigenvalue weighted by atomic mass is 9.91. The van der Waals surface area contributed by atoms with E-state index in [2.05, 4.69) is 21.3 Å². The van der Waals surface area contributed by atoms with Gasteiger partial charge in [-0.1, -0.05) is 81.4 Å². The Kier molecular flexibility index (Phi) is 30.2. The number of nitrogens with one attached hydrogen (secondary N) is 4. The molecule has 0 aliphatic rings. The molecule has 8 amide bonds. The second-order valence-corrected chi connectivity index (χ2v) is 21.2. The minimum absolute atomic E-state index is 0.0937. The Morgan fingerprint density at radius 1 is 0.554 bits per heavy atom. The number of hydrogen-bond acceptors (Lipinski definition) is 13. The molecule has 0 heterocycles. The first kappa shape index (κ1) is 68.4. The van der Waals surface area contributed by atoms with E-state index < -0.39 is 120 Å². The van der Waals surface area contributed by atoms with Crippen LogP contribution < -0.4 is 21.3 Å². The monoisotopic (exact) mass is 1050 g/mol. The highest BCUT2D eigenvalue weighted by atomic mass is 16.5. The topological polar surface area (TPSA) is 253 Å². The van der Waals surface area contributed by atoms with E-state index in [9.17, 15) is 38.4 Å². The van der Waals surface area contributed by atoms with Crippen LogP contribution in [0.5, 0.6) is 0 Å². The Hall–Kier alpha value is -5.60. The predicted octanol–water partition coefficient (Wildman–Crippen LogP) is 2.75. The number of carbonyl (C=O) groups excluding carboxylic acids is 10. The van der Waals surface area contributed by atoms with Crippen molar-refractivity contribution in [2.24, 2.45) is 29.6 Å². The zero-order chi connectivity index (χ0) is 57.6. The number of amides is 8. The molecule has 0 saturated heterocycles. The highest BCUT2D eigenvalue weighted by Crippen LogP contribution is 2.26. The first-order valence-electron chi connectivity index (χ1n) is 26.0. The van der Waals surface area contributed by atoms with Crippen LogP contribution in [-0.2, 0) is 57.4 Å². The van der Waals surface area contributed by atoms with E-state index in [1.165, 1.54) is 77.8 Å². The van der Waals surface area contributed by atoms with Gasteiger partial charge in [-0.2, -0.15) is 0 Å². The molecule has 424 valence electrons. The molecule has 74 heavy (non-hydrogen) atoms. The van der Waals surface area contributed by atoms with E-state index in [1.54, 1.807) is 47.7 Å². The van der Waals surface area contributed by atoms with Gasteiger partial charge in [0, 0.05) is 42.2 Å². The van der Waals surface area contributed by atoms with Crippen LogP contribution in [0.15, 0.2) is 12.2 Å². The molecule has 0 aliphatic heterocycles. The van der Waals surface area contributed by atoms with Gasteiger partial charge >= 0.3 is 11.9 Å². The van der Waals surface area contributed by atoms with Crippen molar-refractivity contribution >= 4 is 59.2 Å².